The molecule has 0 saturated carbocycles. The molecule has 0 aromatic carbocycles. The standard InChI is InChI=1S/C14H12N2O3/c1-7-3-9-5-10-8(2)4-11(17)15-12(10)14(18)13(9)16(19)6-7/h4-6,19H,3H2,1-2H3. The molecule has 3 rings (SSSR count). The van der Waals surface area contributed by atoms with Crippen molar-refractivity contribution in [2.24, 2.45) is 4.99 Å². The van der Waals surface area contributed by atoms with Crippen molar-refractivity contribution >= 4 is 17.4 Å². The number of fused-ring (bicyclic) bond motifs is 1. The van der Waals surface area contributed by atoms with Gasteiger partial charge in [0.05, 0.1) is 0 Å². The quantitative estimate of drug-likeness (QED) is 0.669. The Labute approximate surface area is 109 Å². The molecular formula is C14H12N2O3. The van der Waals surface area contributed by atoms with Crippen LogP contribution in [0.5, 0.6) is 0 Å². The number of aliphatic imine (C=N–C) groups is 1. The Kier molecular flexibility index (Phi) is 2.40. The normalized spacial score (nSPS) is 22.4. The van der Waals surface area contributed by atoms with Crippen LogP contribution in [0.2, 0.25) is 0 Å². The minimum absolute atomic E-state index is 0.121. The first kappa shape index (κ1) is 11.8. The lowest BCUT2D eigenvalue weighted by atomic mass is 9.84. The van der Waals surface area contributed by atoms with E-state index >= 15 is 0 Å². The molecule has 5 heteroatoms. The zero-order valence-electron chi connectivity index (χ0n) is 10.6. The molecule has 1 N–H and O–H groups in total. The molecule has 0 radical (unpaired) electrons. The van der Waals surface area contributed by atoms with E-state index in [1.807, 2.05) is 13.0 Å². The third-order valence-electron chi connectivity index (χ3n) is 3.34. The number of carbonyl (C=O) groups excluding carboxylic acids is 2. The number of Topliss-reactive ketones (excluding diaryl/α,β-unsaturated/α-hetero) is 1. The van der Waals surface area contributed by atoms with Crippen LogP contribution in [0.25, 0.3) is 0 Å². The van der Waals surface area contributed by atoms with E-state index in [0.29, 0.717) is 12.0 Å². The molecule has 19 heavy (non-hydrogen) atoms. The van der Waals surface area contributed by atoms with Gasteiger partial charge in [0.15, 0.2) is 0 Å². The summed E-state index contributed by atoms with van der Waals surface area (Å²) in [6, 6.07) is 0. The van der Waals surface area contributed by atoms with Gasteiger partial charge < -0.3 is 0 Å². The molecule has 0 atom stereocenters. The zero-order valence-corrected chi connectivity index (χ0v) is 10.6. The van der Waals surface area contributed by atoms with Crippen LogP contribution in [-0.2, 0) is 9.59 Å². The van der Waals surface area contributed by atoms with Crippen molar-refractivity contribution in [3.63, 3.8) is 0 Å². The highest BCUT2D eigenvalue weighted by Crippen LogP contribution is 2.33. The van der Waals surface area contributed by atoms with Gasteiger partial charge in [-0.2, -0.15) is 0 Å². The summed E-state index contributed by atoms with van der Waals surface area (Å²) in [4.78, 5) is 27.6. The van der Waals surface area contributed by atoms with E-state index in [0.717, 1.165) is 21.8 Å². The molecule has 0 aromatic rings. The summed E-state index contributed by atoms with van der Waals surface area (Å²) in [5, 5.41) is 10.7. The summed E-state index contributed by atoms with van der Waals surface area (Å²) < 4.78 is 0. The number of rotatable bonds is 0. The van der Waals surface area contributed by atoms with Crippen molar-refractivity contribution in [1.82, 2.24) is 5.06 Å². The van der Waals surface area contributed by atoms with Gasteiger partial charge in [-0.3, -0.25) is 14.8 Å². The van der Waals surface area contributed by atoms with Crippen LogP contribution in [0.4, 0.5) is 0 Å². The molecule has 2 heterocycles. The van der Waals surface area contributed by atoms with Crippen molar-refractivity contribution in [3.05, 3.63) is 46.3 Å². The minimum Gasteiger partial charge on any atom is -0.285 e. The number of nitrogens with zero attached hydrogens (tertiary/aromatic N) is 2. The molecule has 5 nitrogen and oxygen atoms in total. The lowest BCUT2D eigenvalue weighted by molar-refractivity contribution is -0.117. The second-order valence-corrected chi connectivity index (χ2v) is 4.88. The summed E-state index contributed by atoms with van der Waals surface area (Å²) in [6.45, 7) is 3.66. The first-order valence-corrected chi connectivity index (χ1v) is 5.94. The van der Waals surface area contributed by atoms with Crippen molar-refractivity contribution in [2.75, 3.05) is 0 Å². The first-order chi connectivity index (χ1) is 8.97. The third kappa shape index (κ3) is 1.70. The topological polar surface area (TPSA) is 70.0 Å². The van der Waals surface area contributed by atoms with Crippen LogP contribution < -0.4 is 0 Å². The van der Waals surface area contributed by atoms with Crippen LogP contribution in [0.3, 0.4) is 0 Å². The lowest BCUT2D eigenvalue weighted by Gasteiger charge is -2.29. The fourth-order valence-corrected chi connectivity index (χ4v) is 2.51. The van der Waals surface area contributed by atoms with E-state index < -0.39 is 11.7 Å². The van der Waals surface area contributed by atoms with Gasteiger partial charge in [0, 0.05) is 17.8 Å². The van der Waals surface area contributed by atoms with Gasteiger partial charge in [0.25, 0.3) is 5.91 Å². The number of amides is 1. The summed E-state index contributed by atoms with van der Waals surface area (Å²) >= 11 is 0. The maximum atomic E-state index is 12.4. The molecule has 0 bridgehead atoms. The smallest absolute Gasteiger partial charge is 0.270 e. The Morgan fingerprint density at radius 1 is 1.26 bits per heavy atom. The maximum absolute atomic E-state index is 12.4. The van der Waals surface area contributed by atoms with Crippen LogP contribution in [-0.4, -0.2) is 27.7 Å². The van der Waals surface area contributed by atoms with E-state index in [1.54, 1.807) is 6.92 Å². The largest absolute Gasteiger partial charge is 0.285 e. The van der Waals surface area contributed by atoms with Crippen LogP contribution in [0.15, 0.2) is 51.3 Å². The summed E-state index contributed by atoms with van der Waals surface area (Å²) in [6.07, 6.45) is 5.35. The number of allylic oxidation sites excluding steroid dienone is 6. The van der Waals surface area contributed by atoms with Gasteiger partial charge in [-0.25, -0.2) is 10.1 Å². The average molecular weight is 256 g/mol. The van der Waals surface area contributed by atoms with Crippen LogP contribution >= 0.6 is 0 Å². The second kappa shape index (κ2) is 3.86. The molecule has 0 spiro atoms. The van der Waals surface area contributed by atoms with Crippen molar-refractivity contribution in [2.45, 2.75) is 20.3 Å². The van der Waals surface area contributed by atoms with Gasteiger partial charge in [-0.1, -0.05) is 5.57 Å². The highest BCUT2D eigenvalue weighted by molar-refractivity contribution is 6.55. The minimum atomic E-state index is -0.436. The van der Waals surface area contributed by atoms with Gasteiger partial charge in [-0.15, -0.1) is 0 Å². The Morgan fingerprint density at radius 3 is 2.74 bits per heavy atom. The number of hydrogen-bond acceptors (Lipinski definition) is 4. The molecule has 0 fully saturated rings. The number of hydroxylamine groups is 2. The molecule has 0 aromatic heterocycles. The molecule has 0 saturated heterocycles. The van der Waals surface area contributed by atoms with Crippen LogP contribution in [0.1, 0.15) is 20.3 Å². The van der Waals surface area contributed by atoms with Gasteiger partial charge in [0.1, 0.15) is 11.4 Å². The molecule has 2 aliphatic heterocycles. The number of carbonyl (C=O) groups is 2. The van der Waals surface area contributed by atoms with E-state index in [2.05, 4.69) is 4.99 Å². The fraction of sp³-hybridized carbons (Fsp3) is 0.214. The Balaban J connectivity index is 2.17. The number of dihydropyridines is 1. The fourth-order valence-electron chi connectivity index (χ4n) is 2.51. The van der Waals surface area contributed by atoms with E-state index in [1.165, 1.54) is 12.3 Å². The van der Waals surface area contributed by atoms with E-state index in [4.69, 9.17) is 0 Å². The molecule has 0 unspecified atom stereocenters. The number of hydrogen-bond donors (Lipinski definition) is 1. The van der Waals surface area contributed by atoms with Crippen molar-refractivity contribution < 1.29 is 14.8 Å². The predicted octanol–water partition coefficient (Wildman–Crippen LogP) is 1.68. The highest BCUT2D eigenvalue weighted by Gasteiger charge is 2.35. The maximum Gasteiger partial charge on any atom is 0.270 e. The zero-order chi connectivity index (χ0) is 13.7. The van der Waals surface area contributed by atoms with E-state index in [-0.39, 0.29) is 11.4 Å². The van der Waals surface area contributed by atoms with E-state index in [9.17, 15) is 14.8 Å². The Morgan fingerprint density at radius 2 is 2.00 bits per heavy atom. The predicted molar refractivity (Wildman–Crippen MR) is 68.3 cm³/mol. The monoisotopic (exact) mass is 256 g/mol. The van der Waals surface area contributed by atoms with Gasteiger partial charge in [-0.05, 0) is 37.5 Å². The summed E-state index contributed by atoms with van der Waals surface area (Å²) in [5.74, 6) is -0.839. The SMILES string of the molecule is CC1=CN(O)C2=C(C=C3C(C)=CC(=O)N=C3C2=O)C1. The van der Waals surface area contributed by atoms with Gasteiger partial charge >= 0.3 is 0 Å². The highest BCUT2D eigenvalue weighted by atomic mass is 16.5. The molecule has 96 valence electrons. The summed E-state index contributed by atoms with van der Waals surface area (Å²) in [5.41, 5.74) is 3.42. The molecular weight excluding hydrogens is 244 g/mol. The average Bonchev–Trinajstić information content (AvgIpc) is 2.30. The molecule has 1 aliphatic carbocycles. The van der Waals surface area contributed by atoms with Crippen molar-refractivity contribution in [3.8, 4) is 0 Å². The third-order valence-corrected chi connectivity index (χ3v) is 3.34. The molecule has 3 aliphatic rings. The van der Waals surface area contributed by atoms with Gasteiger partial charge in [0.2, 0.25) is 5.78 Å². The Hall–Kier alpha value is -2.27. The second-order valence-electron chi connectivity index (χ2n) is 4.88. The number of ketones is 1. The van der Waals surface area contributed by atoms with Crippen molar-refractivity contribution in [1.29, 1.82) is 0 Å². The lowest BCUT2D eigenvalue weighted by Crippen LogP contribution is -2.34. The Bertz CT molecular complexity index is 675. The molecule has 1 amide bonds. The summed E-state index contributed by atoms with van der Waals surface area (Å²) in [7, 11) is 0. The van der Waals surface area contributed by atoms with Crippen LogP contribution in [0, 0.1) is 0 Å². The first-order valence-electron chi connectivity index (χ1n) is 5.94.